The lowest BCUT2D eigenvalue weighted by atomic mass is 10.2. The molecule has 0 bridgehead atoms. The van der Waals surface area contributed by atoms with Crippen molar-refractivity contribution in [2.45, 2.75) is 6.10 Å². The van der Waals surface area contributed by atoms with Gasteiger partial charge in [0.1, 0.15) is 6.61 Å². The van der Waals surface area contributed by atoms with Crippen LogP contribution < -0.4 is 25.4 Å². The molecule has 1 atom stereocenters. The number of ether oxygens (including phenoxy) is 2. The van der Waals surface area contributed by atoms with Gasteiger partial charge in [0, 0.05) is 11.4 Å². The second-order valence-electron chi connectivity index (χ2n) is 6.34. The lowest BCUT2D eigenvalue weighted by Crippen LogP contribution is -2.42. The van der Waals surface area contributed by atoms with Gasteiger partial charge in [-0.05, 0) is 42.5 Å². The fraction of sp³-hybridized carbons (Fsp3) is 0.143. The number of hydrogen-bond acceptors (Lipinski definition) is 5. The SMILES string of the molecule is O=C(NCC1COc2ccccc2O1)Nc1cccc(NC(=O)c2ccco2)c1. The number of carbonyl (C=O) groups excluding carboxylic acids is 2. The van der Waals surface area contributed by atoms with Crippen molar-refractivity contribution >= 4 is 23.3 Å². The highest BCUT2D eigenvalue weighted by molar-refractivity contribution is 6.02. The molecular weight excluding hydrogens is 374 g/mol. The summed E-state index contributed by atoms with van der Waals surface area (Å²) in [6, 6.07) is 17.0. The highest BCUT2D eigenvalue weighted by Gasteiger charge is 2.21. The van der Waals surface area contributed by atoms with E-state index in [0.29, 0.717) is 29.5 Å². The third-order valence-electron chi connectivity index (χ3n) is 4.18. The molecule has 1 aromatic heterocycles. The highest BCUT2D eigenvalue weighted by Crippen LogP contribution is 2.30. The van der Waals surface area contributed by atoms with E-state index in [4.69, 9.17) is 13.9 Å². The van der Waals surface area contributed by atoms with E-state index in [1.807, 2.05) is 24.3 Å². The van der Waals surface area contributed by atoms with E-state index < -0.39 is 0 Å². The van der Waals surface area contributed by atoms with Crippen LogP contribution >= 0.6 is 0 Å². The summed E-state index contributed by atoms with van der Waals surface area (Å²) in [6.45, 7) is 0.640. The smallest absolute Gasteiger partial charge is 0.319 e. The first-order valence-electron chi connectivity index (χ1n) is 9.05. The van der Waals surface area contributed by atoms with Crippen LogP contribution in [0.5, 0.6) is 11.5 Å². The molecule has 0 fully saturated rings. The molecule has 8 heteroatoms. The van der Waals surface area contributed by atoms with Crippen LogP contribution in [0.3, 0.4) is 0 Å². The molecule has 1 unspecified atom stereocenters. The van der Waals surface area contributed by atoms with Gasteiger partial charge in [-0.25, -0.2) is 4.79 Å². The first-order valence-corrected chi connectivity index (χ1v) is 9.05. The van der Waals surface area contributed by atoms with E-state index >= 15 is 0 Å². The molecule has 4 rings (SSSR count). The van der Waals surface area contributed by atoms with Crippen molar-refractivity contribution in [1.29, 1.82) is 0 Å². The molecule has 0 spiro atoms. The van der Waals surface area contributed by atoms with Crippen molar-refractivity contribution in [3.63, 3.8) is 0 Å². The van der Waals surface area contributed by atoms with Crippen LogP contribution in [0, 0.1) is 0 Å². The molecule has 0 saturated heterocycles. The zero-order valence-electron chi connectivity index (χ0n) is 15.4. The molecule has 3 N–H and O–H groups in total. The maximum atomic E-state index is 12.2. The number of benzene rings is 2. The predicted molar refractivity (Wildman–Crippen MR) is 106 cm³/mol. The van der Waals surface area contributed by atoms with Crippen molar-refractivity contribution < 1.29 is 23.5 Å². The molecule has 1 aliphatic heterocycles. The second-order valence-corrected chi connectivity index (χ2v) is 6.34. The summed E-state index contributed by atoms with van der Waals surface area (Å²) in [4.78, 5) is 24.2. The normalized spacial score (nSPS) is 14.7. The Bertz CT molecular complexity index is 1000. The van der Waals surface area contributed by atoms with E-state index in [9.17, 15) is 9.59 Å². The molecular formula is C21H19N3O5. The Balaban J connectivity index is 1.28. The lowest BCUT2D eigenvalue weighted by molar-refractivity contribution is 0.0922. The molecule has 0 saturated carbocycles. The van der Waals surface area contributed by atoms with Gasteiger partial charge in [0.05, 0.1) is 12.8 Å². The number of rotatable bonds is 5. The molecule has 2 aromatic carbocycles. The number of para-hydroxylation sites is 2. The van der Waals surface area contributed by atoms with Gasteiger partial charge in [0.25, 0.3) is 5.91 Å². The minimum absolute atomic E-state index is 0.206. The van der Waals surface area contributed by atoms with Gasteiger partial charge in [-0.15, -0.1) is 0 Å². The molecule has 29 heavy (non-hydrogen) atoms. The minimum atomic E-state index is -0.387. The van der Waals surface area contributed by atoms with Crippen LogP contribution in [-0.4, -0.2) is 31.2 Å². The number of fused-ring (bicyclic) bond motifs is 1. The van der Waals surface area contributed by atoms with Crippen molar-refractivity contribution in [3.05, 3.63) is 72.7 Å². The standard InChI is InChI=1S/C21H19N3O5/c25-20(19-9-4-10-27-19)23-14-5-3-6-15(11-14)24-21(26)22-12-16-13-28-17-7-1-2-8-18(17)29-16/h1-11,16H,12-13H2,(H,23,25)(H2,22,24,26). The Morgan fingerprint density at radius 3 is 2.52 bits per heavy atom. The molecule has 0 radical (unpaired) electrons. The number of hydrogen-bond donors (Lipinski definition) is 3. The highest BCUT2D eigenvalue weighted by atomic mass is 16.6. The van der Waals surface area contributed by atoms with Crippen molar-refractivity contribution in [2.24, 2.45) is 0 Å². The van der Waals surface area contributed by atoms with Crippen LogP contribution in [-0.2, 0) is 0 Å². The van der Waals surface area contributed by atoms with Gasteiger partial charge in [0.2, 0.25) is 0 Å². The summed E-state index contributed by atoms with van der Waals surface area (Å²) in [5.74, 6) is 1.19. The lowest BCUT2D eigenvalue weighted by Gasteiger charge is -2.26. The maximum Gasteiger partial charge on any atom is 0.319 e. The Morgan fingerprint density at radius 1 is 0.931 bits per heavy atom. The van der Waals surface area contributed by atoms with Gasteiger partial charge in [0.15, 0.2) is 23.4 Å². The van der Waals surface area contributed by atoms with E-state index in [0.717, 1.165) is 0 Å². The summed E-state index contributed by atoms with van der Waals surface area (Å²) in [6.07, 6.45) is 1.14. The van der Waals surface area contributed by atoms with Crippen molar-refractivity contribution in [2.75, 3.05) is 23.8 Å². The van der Waals surface area contributed by atoms with Gasteiger partial charge in [-0.1, -0.05) is 18.2 Å². The third kappa shape index (κ3) is 4.67. The van der Waals surface area contributed by atoms with Crippen LogP contribution in [0.1, 0.15) is 10.6 Å². The average molecular weight is 393 g/mol. The Labute approximate surface area is 166 Å². The Hall–Kier alpha value is -3.94. The molecule has 0 aliphatic carbocycles. The first kappa shape index (κ1) is 18.4. The first-order chi connectivity index (χ1) is 14.2. The quantitative estimate of drug-likeness (QED) is 0.616. The zero-order chi connectivity index (χ0) is 20.1. The zero-order valence-corrected chi connectivity index (χ0v) is 15.4. The van der Waals surface area contributed by atoms with E-state index in [1.54, 1.807) is 36.4 Å². The maximum absolute atomic E-state index is 12.2. The van der Waals surface area contributed by atoms with Gasteiger partial charge >= 0.3 is 6.03 Å². The molecule has 3 aromatic rings. The molecule has 1 aliphatic rings. The van der Waals surface area contributed by atoms with Gasteiger partial charge < -0.3 is 29.8 Å². The number of anilines is 2. The van der Waals surface area contributed by atoms with Crippen LogP contribution in [0.2, 0.25) is 0 Å². The summed E-state index contributed by atoms with van der Waals surface area (Å²) in [5.41, 5.74) is 1.07. The van der Waals surface area contributed by atoms with Crippen LogP contribution in [0.25, 0.3) is 0 Å². The third-order valence-corrected chi connectivity index (χ3v) is 4.18. The van der Waals surface area contributed by atoms with Crippen molar-refractivity contribution in [3.8, 4) is 11.5 Å². The monoisotopic (exact) mass is 393 g/mol. The summed E-state index contributed by atoms with van der Waals surface area (Å²) >= 11 is 0. The largest absolute Gasteiger partial charge is 0.486 e. The van der Waals surface area contributed by atoms with Gasteiger partial charge in [-0.3, -0.25) is 4.79 Å². The number of furan rings is 1. The number of nitrogens with one attached hydrogen (secondary N) is 3. The number of carbonyl (C=O) groups is 2. The Kier molecular flexibility index (Phi) is 5.33. The average Bonchev–Trinajstić information content (AvgIpc) is 3.27. The fourth-order valence-corrected chi connectivity index (χ4v) is 2.82. The van der Waals surface area contributed by atoms with Crippen LogP contribution in [0.15, 0.2) is 71.3 Å². The second kappa shape index (κ2) is 8.39. The molecule has 3 amide bonds. The Morgan fingerprint density at radius 2 is 1.72 bits per heavy atom. The summed E-state index contributed by atoms with van der Waals surface area (Å²) in [7, 11) is 0. The van der Waals surface area contributed by atoms with E-state index in [1.165, 1.54) is 6.26 Å². The topological polar surface area (TPSA) is 102 Å². The fourth-order valence-electron chi connectivity index (χ4n) is 2.82. The van der Waals surface area contributed by atoms with Gasteiger partial charge in [-0.2, -0.15) is 0 Å². The molecule has 148 valence electrons. The van der Waals surface area contributed by atoms with E-state index in [2.05, 4.69) is 16.0 Å². The molecule has 2 heterocycles. The van der Waals surface area contributed by atoms with Crippen LogP contribution in [0.4, 0.5) is 16.2 Å². The predicted octanol–water partition coefficient (Wildman–Crippen LogP) is 3.49. The minimum Gasteiger partial charge on any atom is -0.486 e. The summed E-state index contributed by atoms with van der Waals surface area (Å²) < 4.78 is 16.5. The van der Waals surface area contributed by atoms with E-state index in [-0.39, 0.29) is 30.3 Å². The molecule has 8 nitrogen and oxygen atoms in total. The summed E-state index contributed by atoms with van der Waals surface area (Å²) in [5, 5.41) is 8.19. The number of urea groups is 1. The van der Waals surface area contributed by atoms with Crippen molar-refractivity contribution in [1.82, 2.24) is 5.32 Å². The number of amides is 3.